The number of aromatic carboxylic acids is 1. The van der Waals surface area contributed by atoms with Crippen LogP contribution in [0.15, 0.2) is 24.3 Å². The van der Waals surface area contributed by atoms with Gasteiger partial charge in [0.15, 0.2) is 5.56 Å². The minimum atomic E-state index is -0.925. The highest BCUT2D eigenvalue weighted by Gasteiger charge is 2.12. The van der Waals surface area contributed by atoms with Crippen LogP contribution in [0, 0.1) is 6.92 Å². The summed E-state index contributed by atoms with van der Waals surface area (Å²) in [7, 11) is 0. The summed E-state index contributed by atoms with van der Waals surface area (Å²) in [5, 5.41) is 8.53. The normalized spacial score (nSPS) is 9.20. The molecule has 0 aliphatic rings. The van der Waals surface area contributed by atoms with Crippen LogP contribution in [0.4, 0.5) is 0 Å². The van der Waals surface area contributed by atoms with Crippen LogP contribution >= 0.6 is 0 Å². The molecule has 0 heterocycles. The van der Waals surface area contributed by atoms with Crippen LogP contribution in [0.2, 0.25) is 0 Å². The molecule has 0 amide bonds. The molecule has 2 nitrogen and oxygen atoms in total. The van der Waals surface area contributed by atoms with E-state index in [4.69, 9.17) is 5.11 Å². The van der Waals surface area contributed by atoms with E-state index in [0.29, 0.717) is 5.56 Å². The highest BCUT2D eigenvalue weighted by Crippen LogP contribution is 2.05. The summed E-state index contributed by atoms with van der Waals surface area (Å²) in [5.74, 6) is -0.925. The maximum Gasteiger partial charge on any atom is 0.394 e. The van der Waals surface area contributed by atoms with E-state index >= 15 is 0 Å². The van der Waals surface area contributed by atoms with Gasteiger partial charge < -0.3 is 5.11 Å². The predicted octanol–water partition coefficient (Wildman–Crippen LogP) is 1.57. The summed E-state index contributed by atoms with van der Waals surface area (Å²) < 4.78 is 0. The number of carboxylic acids is 1. The lowest BCUT2D eigenvalue weighted by atomic mass is 10.1. The number of rotatable bonds is 1. The Labute approximate surface area is 59.1 Å². The zero-order chi connectivity index (χ0) is 7.56. The summed E-state index contributed by atoms with van der Waals surface area (Å²) >= 11 is 0. The SMILES string of the molecule is [CH2+]c1ccccc1C(=O)O. The van der Waals surface area contributed by atoms with E-state index in [1.54, 1.807) is 18.2 Å². The Bertz CT molecular complexity index is 253. The molecule has 0 aliphatic carbocycles. The summed E-state index contributed by atoms with van der Waals surface area (Å²) in [4.78, 5) is 10.4. The zero-order valence-corrected chi connectivity index (χ0v) is 5.37. The molecule has 1 rings (SSSR count). The average Bonchev–Trinajstić information content (AvgIpc) is 1.88. The van der Waals surface area contributed by atoms with Gasteiger partial charge in [-0.05, 0) is 12.1 Å². The third kappa shape index (κ3) is 1.10. The largest absolute Gasteiger partial charge is 0.468 e. The van der Waals surface area contributed by atoms with Gasteiger partial charge in [-0.3, -0.25) is 0 Å². The number of carboxylic acid groups (broad SMARTS) is 1. The van der Waals surface area contributed by atoms with Gasteiger partial charge in [-0.2, -0.15) is 0 Å². The molecule has 0 saturated heterocycles. The van der Waals surface area contributed by atoms with E-state index in [-0.39, 0.29) is 5.56 Å². The van der Waals surface area contributed by atoms with Gasteiger partial charge in [0.25, 0.3) is 0 Å². The summed E-state index contributed by atoms with van der Waals surface area (Å²) in [6.45, 7) is 3.56. The minimum absolute atomic E-state index is 0.266. The highest BCUT2D eigenvalue weighted by molar-refractivity contribution is 5.89. The molecule has 0 unspecified atom stereocenters. The third-order valence-corrected chi connectivity index (χ3v) is 1.25. The van der Waals surface area contributed by atoms with Gasteiger partial charge >= 0.3 is 5.97 Å². The maximum atomic E-state index is 10.4. The van der Waals surface area contributed by atoms with Crippen LogP contribution < -0.4 is 0 Å². The van der Waals surface area contributed by atoms with E-state index in [1.807, 2.05) is 0 Å². The molecular weight excluding hydrogens is 128 g/mol. The number of carbonyl (C=O) groups is 1. The zero-order valence-electron chi connectivity index (χ0n) is 5.37. The second-order valence-electron chi connectivity index (χ2n) is 1.96. The Morgan fingerprint density at radius 2 is 2.00 bits per heavy atom. The molecule has 10 heavy (non-hydrogen) atoms. The summed E-state index contributed by atoms with van der Waals surface area (Å²) in [6, 6.07) is 6.64. The van der Waals surface area contributed by atoms with Crippen LogP contribution in [0.5, 0.6) is 0 Å². The van der Waals surface area contributed by atoms with Gasteiger partial charge in [-0.25, -0.2) is 4.79 Å². The molecule has 50 valence electrons. The monoisotopic (exact) mass is 135 g/mol. The fraction of sp³-hybridized carbons (Fsp3) is 0. The smallest absolute Gasteiger partial charge is 0.394 e. The fourth-order valence-electron chi connectivity index (χ4n) is 0.729. The van der Waals surface area contributed by atoms with Crippen LogP contribution in [0.1, 0.15) is 15.9 Å². The second kappa shape index (κ2) is 2.43. The molecule has 0 radical (unpaired) electrons. The molecule has 2 heteroatoms. The quantitative estimate of drug-likeness (QED) is 0.593. The first-order valence-corrected chi connectivity index (χ1v) is 2.86. The van der Waals surface area contributed by atoms with Crippen LogP contribution in [-0.2, 0) is 0 Å². The maximum absolute atomic E-state index is 10.4. The fourth-order valence-corrected chi connectivity index (χ4v) is 0.729. The van der Waals surface area contributed by atoms with E-state index in [2.05, 4.69) is 6.92 Å². The lowest BCUT2D eigenvalue weighted by Crippen LogP contribution is -1.97. The Kier molecular flexibility index (Phi) is 1.63. The minimum Gasteiger partial charge on any atom is -0.468 e. The lowest BCUT2D eigenvalue weighted by Gasteiger charge is -1.87. The first-order valence-electron chi connectivity index (χ1n) is 2.86. The molecule has 0 aromatic heterocycles. The van der Waals surface area contributed by atoms with Crippen molar-refractivity contribution in [2.45, 2.75) is 0 Å². The molecule has 0 aliphatic heterocycles. The van der Waals surface area contributed by atoms with Gasteiger partial charge in [0.1, 0.15) is 5.56 Å². The average molecular weight is 135 g/mol. The lowest BCUT2D eigenvalue weighted by molar-refractivity contribution is 0.0696. The Morgan fingerprint density at radius 3 is 2.40 bits per heavy atom. The van der Waals surface area contributed by atoms with E-state index in [0.717, 1.165) is 0 Å². The van der Waals surface area contributed by atoms with Crippen molar-refractivity contribution in [3.05, 3.63) is 42.3 Å². The van der Waals surface area contributed by atoms with E-state index < -0.39 is 5.97 Å². The molecule has 1 N–H and O–H groups in total. The molecule has 0 saturated carbocycles. The van der Waals surface area contributed by atoms with Crippen molar-refractivity contribution in [1.82, 2.24) is 0 Å². The highest BCUT2D eigenvalue weighted by atomic mass is 16.4. The van der Waals surface area contributed by atoms with Crippen molar-refractivity contribution in [3.8, 4) is 0 Å². The third-order valence-electron chi connectivity index (χ3n) is 1.25. The van der Waals surface area contributed by atoms with Crippen molar-refractivity contribution >= 4 is 5.97 Å². The van der Waals surface area contributed by atoms with Gasteiger partial charge in [0.05, 0.1) is 0 Å². The van der Waals surface area contributed by atoms with Crippen LogP contribution in [-0.4, -0.2) is 11.1 Å². The number of hydrogen-bond donors (Lipinski definition) is 1. The number of hydrogen-bond acceptors (Lipinski definition) is 1. The predicted molar refractivity (Wildman–Crippen MR) is 37.9 cm³/mol. The van der Waals surface area contributed by atoms with Crippen molar-refractivity contribution in [1.29, 1.82) is 0 Å². The van der Waals surface area contributed by atoms with Crippen molar-refractivity contribution in [3.63, 3.8) is 0 Å². The second-order valence-corrected chi connectivity index (χ2v) is 1.96. The molecule has 0 bridgehead atoms. The molecule has 0 atom stereocenters. The molecular formula is C8H7O2+. The first-order chi connectivity index (χ1) is 4.72. The first kappa shape index (κ1) is 6.68. The van der Waals surface area contributed by atoms with Gasteiger partial charge in [0.2, 0.25) is 0 Å². The van der Waals surface area contributed by atoms with E-state index in [9.17, 15) is 4.79 Å². The van der Waals surface area contributed by atoms with E-state index in [1.165, 1.54) is 6.07 Å². The molecule has 1 aromatic carbocycles. The van der Waals surface area contributed by atoms with Crippen molar-refractivity contribution in [2.75, 3.05) is 0 Å². The van der Waals surface area contributed by atoms with Crippen LogP contribution in [0.3, 0.4) is 0 Å². The molecule has 1 aromatic rings. The number of benzene rings is 1. The topological polar surface area (TPSA) is 37.3 Å². The summed E-state index contributed by atoms with van der Waals surface area (Å²) in [6.07, 6.45) is 0. The standard InChI is InChI=1S/C8H6O2/c1-6-4-2-3-5-7(6)8(9)10/h2-5H,1H2/p+1. The Balaban J connectivity index is 3.15. The molecule has 0 fully saturated rings. The summed E-state index contributed by atoms with van der Waals surface area (Å²) in [5.41, 5.74) is 0.817. The molecule has 0 spiro atoms. The Morgan fingerprint density at radius 1 is 1.40 bits per heavy atom. The van der Waals surface area contributed by atoms with Crippen molar-refractivity contribution < 1.29 is 9.90 Å². The van der Waals surface area contributed by atoms with Crippen molar-refractivity contribution in [2.24, 2.45) is 0 Å². The Hall–Kier alpha value is -1.44. The van der Waals surface area contributed by atoms with Gasteiger partial charge in [-0.1, -0.05) is 0 Å². The van der Waals surface area contributed by atoms with Crippen LogP contribution in [0.25, 0.3) is 0 Å². The van der Waals surface area contributed by atoms with Gasteiger partial charge in [-0.15, -0.1) is 0 Å². The van der Waals surface area contributed by atoms with Gasteiger partial charge in [0, 0.05) is 19.1 Å².